The highest BCUT2D eigenvalue weighted by molar-refractivity contribution is 7.71. The van der Waals surface area contributed by atoms with Gasteiger partial charge in [0.25, 0.3) is 0 Å². The number of pyridine rings is 1. The zero-order chi connectivity index (χ0) is 9.14. The Hall–Kier alpha value is -0.830. The Bertz CT molecular complexity index is 283. The smallest absolute Gasteiger partial charge is 0.103 e. The molecule has 0 aliphatic carbocycles. The van der Waals surface area contributed by atoms with E-state index in [1.165, 1.54) is 5.69 Å². The number of aromatic amines is 1. The van der Waals surface area contributed by atoms with E-state index < -0.39 is 0 Å². The van der Waals surface area contributed by atoms with Crippen LogP contribution in [0.5, 0.6) is 0 Å². The van der Waals surface area contributed by atoms with Gasteiger partial charge in [-0.2, -0.15) is 0 Å². The quantitative estimate of drug-likeness (QED) is 0.709. The van der Waals surface area contributed by atoms with Crippen molar-refractivity contribution in [1.82, 2.24) is 4.98 Å². The van der Waals surface area contributed by atoms with E-state index in [9.17, 15) is 0 Å². The van der Waals surface area contributed by atoms with Crippen LogP contribution in [0.25, 0.3) is 0 Å². The molecule has 0 fully saturated rings. The Kier molecular flexibility index (Phi) is 2.87. The standard InChI is InChI=1S/C9H14N2S/c1-7(2)11(3)8-4-5-9(12)10-6-8/h4-7H,1-3H3,(H,10,12). The second-order valence-electron chi connectivity index (χ2n) is 3.12. The molecule has 0 aliphatic rings. The fraction of sp³-hybridized carbons (Fsp3) is 0.444. The lowest BCUT2D eigenvalue weighted by molar-refractivity contribution is 0.753. The van der Waals surface area contributed by atoms with Crippen molar-refractivity contribution in [2.75, 3.05) is 11.9 Å². The van der Waals surface area contributed by atoms with E-state index in [1.54, 1.807) is 0 Å². The highest BCUT2D eigenvalue weighted by Gasteiger charge is 2.02. The first kappa shape index (κ1) is 9.26. The van der Waals surface area contributed by atoms with E-state index in [4.69, 9.17) is 12.2 Å². The van der Waals surface area contributed by atoms with Gasteiger partial charge in [0, 0.05) is 19.3 Å². The Balaban J connectivity index is 2.89. The van der Waals surface area contributed by atoms with E-state index in [2.05, 4.69) is 30.8 Å². The molecule has 0 aliphatic heterocycles. The summed E-state index contributed by atoms with van der Waals surface area (Å²) in [5, 5.41) is 0. The van der Waals surface area contributed by atoms with Crippen molar-refractivity contribution in [2.24, 2.45) is 0 Å². The summed E-state index contributed by atoms with van der Waals surface area (Å²) >= 11 is 4.95. The number of hydrogen-bond acceptors (Lipinski definition) is 2. The number of H-pyrrole nitrogens is 1. The first-order valence-corrected chi connectivity index (χ1v) is 4.43. The van der Waals surface area contributed by atoms with Gasteiger partial charge in [0.1, 0.15) is 4.64 Å². The van der Waals surface area contributed by atoms with Crippen molar-refractivity contribution in [3.05, 3.63) is 23.0 Å². The van der Waals surface area contributed by atoms with Crippen molar-refractivity contribution < 1.29 is 0 Å². The SMILES string of the molecule is CC(C)N(C)c1ccc(=S)[nH]c1. The Labute approximate surface area is 78.2 Å². The molecule has 1 heterocycles. The highest BCUT2D eigenvalue weighted by Crippen LogP contribution is 2.12. The predicted molar refractivity (Wildman–Crippen MR) is 55.2 cm³/mol. The molecule has 3 heteroatoms. The van der Waals surface area contributed by atoms with Gasteiger partial charge in [-0.15, -0.1) is 0 Å². The van der Waals surface area contributed by atoms with Crippen molar-refractivity contribution in [3.63, 3.8) is 0 Å². The number of anilines is 1. The molecule has 0 amide bonds. The zero-order valence-electron chi connectivity index (χ0n) is 7.66. The average Bonchev–Trinajstić information content (AvgIpc) is 2.04. The Morgan fingerprint density at radius 1 is 1.42 bits per heavy atom. The van der Waals surface area contributed by atoms with Crippen LogP contribution < -0.4 is 4.90 Å². The molecule has 2 nitrogen and oxygen atoms in total. The molecule has 1 aromatic heterocycles. The molecule has 0 saturated carbocycles. The van der Waals surface area contributed by atoms with Crippen LogP contribution in [0.3, 0.4) is 0 Å². The topological polar surface area (TPSA) is 19.0 Å². The minimum absolute atomic E-state index is 0.509. The molecule has 0 bridgehead atoms. The predicted octanol–water partition coefficient (Wildman–Crippen LogP) is 2.59. The van der Waals surface area contributed by atoms with Crippen LogP contribution in [-0.2, 0) is 0 Å². The maximum Gasteiger partial charge on any atom is 0.103 e. The fourth-order valence-electron chi connectivity index (χ4n) is 0.920. The maximum atomic E-state index is 4.95. The normalized spacial score (nSPS) is 10.3. The fourth-order valence-corrected chi connectivity index (χ4v) is 1.05. The lowest BCUT2D eigenvalue weighted by Crippen LogP contribution is -2.25. The third-order valence-corrected chi connectivity index (χ3v) is 2.20. The van der Waals surface area contributed by atoms with E-state index in [0.717, 1.165) is 4.64 Å². The average molecular weight is 182 g/mol. The van der Waals surface area contributed by atoms with Crippen LogP contribution >= 0.6 is 12.2 Å². The van der Waals surface area contributed by atoms with Gasteiger partial charge in [0.05, 0.1) is 5.69 Å². The summed E-state index contributed by atoms with van der Waals surface area (Å²) in [7, 11) is 2.07. The molecular weight excluding hydrogens is 168 g/mol. The molecule has 1 aromatic rings. The number of rotatable bonds is 2. The molecule has 0 radical (unpaired) electrons. The first-order valence-electron chi connectivity index (χ1n) is 4.03. The summed E-state index contributed by atoms with van der Waals surface area (Å²) in [6.45, 7) is 4.31. The van der Waals surface area contributed by atoms with Crippen LogP contribution in [0.4, 0.5) is 5.69 Å². The minimum Gasteiger partial charge on any atom is -0.371 e. The number of aromatic nitrogens is 1. The molecule has 1 rings (SSSR count). The van der Waals surface area contributed by atoms with Crippen LogP contribution in [0.1, 0.15) is 13.8 Å². The number of hydrogen-bond donors (Lipinski definition) is 1. The van der Waals surface area contributed by atoms with E-state index in [-0.39, 0.29) is 0 Å². The van der Waals surface area contributed by atoms with Crippen molar-refractivity contribution >= 4 is 17.9 Å². The highest BCUT2D eigenvalue weighted by atomic mass is 32.1. The summed E-state index contributed by atoms with van der Waals surface area (Å²) in [5.74, 6) is 0. The second-order valence-corrected chi connectivity index (χ2v) is 3.56. The van der Waals surface area contributed by atoms with Gasteiger partial charge in [0.15, 0.2) is 0 Å². The van der Waals surface area contributed by atoms with Crippen molar-refractivity contribution in [3.8, 4) is 0 Å². The molecule has 0 aromatic carbocycles. The molecule has 12 heavy (non-hydrogen) atoms. The summed E-state index contributed by atoms with van der Waals surface area (Å²) in [5.41, 5.74) is 1.17. The Morgan fingerprint density at radius 3 is 2.50 bits per heavy atom. The molecular formula is C9H14N2S. The van der Waals surface area contributed by atoms with Crippen LogP contribution in [-0.4, -0.2) is 18.1 Å². The molecule has 0 saturated heterocycles. The lowest BCUT2D eigenvalue weighted by atomic mass is 10.3. The summed E-state index contributed by atoms with van der Waals surface area (Å²) in [6, 6.07) is 4.44. The van der Waals surface area contributed by atoms with Gasteiger partial charge in [-0.1, -0.05) is 12.2 Å². The molecule has 0 unspecified atom stereocenters. The number of nitrogens with zero attached hydrogens (tertiary/aromatic N) is 1. The second kappa shape index (κ2) is 3.72. The molecule has 0 atom stereocenters. The first-order chi connectivity index (χ1) is 5.61. The zero-order valence-corrected chi connectivity index (χ0v) is 8.48. The summed E-state index contributed by atoms with van der Waals surface area (Å²) in [6.07, 6.45) is 1.93. The van der Waals surface area contributed by atoms with Crippen LogP contribution in [0.2, 0.25) is 0 Å². The van der Waals surface area contributed by atoms with Crippen molar-refractivity contribution in [1.29, 1.82) is 0 Å². The van der Waals surface area contributed by atoms with Gasteiger partial charge < -0.3 is 9.88 Å². The van der Waals surface area contributed by atoms with Gasteiger partial charge in [-0.3, -0.25) is 0 Å². The lowest BCUT2D eigenvalue weighted by Gasteiger charge is -2.23. The third-order valence-electron chi connectivity index (χ3n) is 1.95. The van der Waals surface area contributed by atoms with Gasteiger partial charge in [-0.25, -0.2) is 0 Å². The molecule has 66 valence electrons. The van der Waals surface area contributed by atoms with Crippen LogP contribution in [0, 0.1) is 4.64 Å². The summed E-state index contributed by atoms with van der Waals surface area (Å²) in [4.78, 5) is 5.19. The summed E-state index contributed by atoms with van der Waals surface area (Å²) < 4.78 is 0.774. The van der Waals surface area contributed by atoms with Crippen LogP contribution in [0.15, 0.2) is 18.3 Å². The Morgan fingerprint density at radius 2 is 2.08 bits per heavy atom. The monoisotopic (exact) mass is 182 g/mol. The van der Waals surface area contributed by atoms with E-state index in [0.29, 0.717) is 6.04 Å². The van der Waals surface area contributed by atoms with Gasteiger partial charge >= 0.3 is 0 Å². The minimum atomic E-state index is 0.509. The third kappa shape index (κ3) is 2.08. The number of nitrogens with one attached hydrogen (secondary N) is 1. The van der Waals surface area contributed by atoms with Gasteiger partial charge in [0.2, 0.25) is 0 Å². The van der Waals surface area contributed by atoms with E-state index >= 15 is 0 Å². The maximum absolute atomic E-state index is 4.95. The van der Waals surface area contributed by atoms with Gasteiger partial charge in [-0.05, 0) is 26.0 Å². The molecule has 1 N–H and O–H groups in total. The van der Waals surface area contributed by atoms with E-state index in [1.807, 2.05) is 18.3 Å². The molecule has 0 spiro atoms. The largest absolute Gasteiger partial charge is 0.371 e. The van der Waals surface area contributed by atoms with Crippen molar-refractivity contribution in [2.45, 2.75) is 19.9 Å².